The number of allylic oxidation sites excluding steroid dienone is 2. The number of hydrogen-bond donors (Lipinski definition) is 2. The summed E-state index contributed by atoms with van der Waals surface area (Å²) in [4.78, 5) is 29.6. The summed E-state index contributed by atoms with van der Waals surface area (Å²) < 4.78 is 21.4. The lowest BCUT2D eigenvalue weighted by molar-refractivity contribution is -0.214. The minimum atomic E-state index is -0.739. The first-order valence-corrected chi connectivity index (χ1v) is 22.2. The summed E-state index contributed by atoms with van der Waals surface area (Å²) in [5.74, 6) is 1.22. The molecular weight excluding hydrogens is 725 g/mol. The summed E-state index contributed by atoms with van der Waals surface area (Å²) in [6.07, 6.45) is 9.37. The Labute approximate surface area is 342 Å². The second-order valence-corrected chi connectivity index (χ2v) is 21.3. The van der Waals surface area contributed by atoms with Crippen LogP contribution < -0.4 is 0 Å². The predicted octanol–water partition coefficient (Wildman–Crippen LogP) is 11.4. The van der Waals surface area contributed by atoms with Gasteiger partial charge < -0.3 is 14.9 Å². The van der Waals surface area contributed by atoms with Gasteiger partial charge in [0.2, 0.25) is 0 Å². The smallest absolute Gasteiger partial charge is 0.307 e. The number of unbranched alkanes of at least 4 members (excludes halogenated alkanes) is 1. The summed E-state index contributed by atoms with van der Waals surface area (Å²) in [5.41, 5.74) is 1.42. The molecule has 6 unspecified atom stereocenters. The first-order valence-electron chi connectivity index (χ1n) is 21.8. The minimum absolute atomic E-state index is 0.000692. The number of hydrogen-bond acceptors (Lipinski definition) is 6. The van der Waals surface area contributed by atoms with Crippen molar-refractivity contribution < 1.29 is 28.9 Å². The Balaban J connectivity index is 1.26. The summed E-state index contributed by atoms with van der Waals surface area (Å²) in [6.45, 7) is 24.9. The molecule has 0 aliphatic heterocycles. The molecule has 0 aromatic heterocycles. The lowest BCUT2D eigenvalue weighted by atomic mass is 9.36. The van der Waals surface area contributed by atoms with E-state index in [1.54, 1.807) is 18.2 Å². The third kappa shape index (κ3) is 7.35. The number of halogens is 2. The number of carbonyl (C=O) groups excluding carboxylic acids is 2. The van der Waals surface area contributed by atoms with E-state index < -0.39 is 22.8 Å². The lowest BCUT2D eigenvalue weighted by Crippen LogP contribution is -2.63. The molecule has 0 bridgehead atoms. The number of carbonyl (C=O) groups is 2. The molecule has 0 saturated heterocycles. The van der Waals surface area contributed by atoms with E-state index in [0.29, 0.717) is 42.8 Å². The molecule has 5 aliphatic carbocycles. The number of ether oxygens (including phenoxy) is 1. The minimum Gasteiger partial charge on any atom is -0.512 e. The van der Waals surface area contributed by atoms with Gasteiger partial charge in [0.05, 0.1) is 23.3 Å². The van der Waals surface area contributed by atoms with Gasteiger partial charge in [-0.25, -0.2) is 4.39 Å². The third-order valence-corrected chi connectivity index (χ3v) is 16.8. The summed E-state index contributed by atoms with van der Waals surface area (Å²) in [5, 5.41) is 22.7. The first-order chi connectivity index (χ1) is 26.1. The molecule has 6 nitrogen and oxygen atoms in total. The Hall–Kier alpha value is -2.22. The Morgan fingerprint density at radius 2 is 1.75 bits per heavy atom. The Morgan fingerprint density at radius 1 is 1.05 bits per heavy atom. The Morgan fingerprint density at radius 3 is 2.41 bits per heavy atom. The molecule has 1 aromatic carbocycles. The Bertz CT molecular complexity index is 1720. The van der Waals surface area contributed by atoms with E-state index in [0.717, 1.165) is 76.3 Å². The van der Waals surface area contributed by atoms with E-state index in [1.165, 1.54) is 5.57 Å². The van der Waals surface area contributed by atoms with Crippen LogP contribution in [0, 0.1) is 62.5 Å². The van der Waals surface area contributed by atoms with Crippen LogP contribution in [0.4, 0.5) is 4.39 Å². The second-order valence-electron chi connectivity index (χ2n) is 20.9. The quantitative estimate of drug-likeness (QED) is 0.153. The number of Topliss-reactive ketones (excluding diaryl/α,β-unsaturated/α-hetero) is 1. The van der Waals surface area contributed by atoms with Gasteiger partial charge in [0.25, 0.3) is 0 Å². The van der Waals surface area contributed by atoms with Gasteiger partial charge in [-0.05, 0) is 116 Å². The van der Waals surface area contributed by atoms with Gasteiger partial charge >= 0.3 is 5.97 Å². The van der Waals surface area contributed by atoms with E-state index in [-0.39, 0.29) is 63.1 Å². The van der Waals surface area contributed by atoms with Gasteiger partial charge in [-0.3, -0.25) is 14.5 Å². The normalized spacial score (nSPS) is 34.5. The van der Waals surface area contributed by atoms with Crippen molar-refractivity contribution in [2.75, 3.05) is 13.1 Å². The van der Waals surface area contributed by atoms with E-state index in [9.17, 15) is 19.8 Å². The molecule has 8 heteroatoms. The molecule has 4 fully saturated rings. The SMILES string of the molecule is C=C(O)C(C)(C)CC(=O)O[C@H]1CCC2(C)C3CCC4C5=C(C(C)C)C(=O)CC5([C@H](O)CN(CCCC)Cc5cccc(Cl)c5F)CCC4C3(C)CC[C@H]2C1(C)C. The van der Waals surface area contributed by atoms with E-state index in [2.05, 4.69) is 59.9 Å². The van der Waals surface area contributed by atoms with Crippen molar-refractivity contribution in [2.45, 2.75) is 158 Å². The number of fused-ring (bicyclic) bond motifs is 7. The highest BCUT2D eigenvalue weighted by Gasteiger charge is 2.67. The van der Waals surface area contributed by atoms with Crippen LogP contribution in [0.15, 0.2) is 41.7 Å². The molecule has 9 atom stereocenters. The fraction of sp³-hybridized carbons (Fsp3) is 0.750. The van der Waals surface area contributed by atoms with Crippen LogP contribution in [-0.2, 0) is 20.9 Å². The highest BCUT2D eigenvalue weighted by atomic mass is 35.5. The maximum absolute atomic E-state index is 15.2. The van der Waals surface area contributed by atoms with E-state index >= 15 is 4.39 Å². The zero-order valence-corrected chi connectivity index (χ0v) is 36.7. The summed E-state index contributed by atoms with van der Waals surface area (Å²) >= 11 is 6.19. The predicted molar refractivity (Wildman–Crippen MR) is 222 cm³/mol. The molecule has 312 valence electrons. The highest BCUT2D eigenvalue weighted by Crippen LogP contribution is 2.73. The van der Waals surface area contributed by atoms with E-state index in [4.69, 9.17) is 16.3 Å². The van der Waals surface area contributed by atoms with Crippen LogP contribution in [0.1, 0.15) is 145 Å². The average molecular weight is 797 g/mol. The van der Waals surface area contributed by atoms with Gasteiger partial charge in [-0.15, -0.1) is 0 Å². The largest absolute Gasteiger partial charge is 0.512 e. The fourth-order valence-corrected chi connectivity index (χ4v) is 13.8. The van der Waals surface area contributed by atoms with Crippen LogP contribution in [0.3, 0.4) is 0 Å². The van der Waals surface area contributed by atoms with Crippen molar-refractivity contribution in [1.29, 1.82) is 0 Å². The molecule has 0 amide bonds. The van der Waals surface area contributed by atoms with Crippen molar-refractivity contribution in [3.05, 3.63) is 58.1 Å². The number of aliphatic hydroxyl groups is 2. The Kier molecular flexibility index (Phi) is 12.2. The topological polar surface area (TPSA) is 87.1 Å². The van der Waals surface area contributed by atoms with Crippen LogP contribution in [0.5, 0.6) is 0 Å². The second kappa shape index (κ2) is 15.8. The monoisotopic (exact) mass is 796 g/mol. The van der Waals surface area contributed by atoms with Crippen LogP contribution in [0.25, 0.3) is 0 Å². The van der Waals surface area contributed by atoms with Gasteiger partial charge in [0, 0.05) is 41.3 Å². The molecule has 4 saturated carbocycles. The van der Waals surface area contributed by atoms with Gasteiger partial charge in [0.15, 0.2) is 5.78 Å². The van der Waals surface area contributed by atoms with Crippen LogP contribution in [-0.4, -0.2) is 52.2 Å². The molecule has 6 rings (SSSR count). The highest BCUT2D eigenvalue weighted by molar-refractivity contribution is 6.30. The zero-order valence-electron chi connectivity index (χ0n) is 35.9. The average Bonchev–Trinajstić information content (AvgIpc) is 3.43. The maximum Gasteiger partial charge on any atom is 0.307 e. The summed E-state index contributed by atoms with van der Waals surface area (Å²) in [7, 11) is 0. The van der Waals surface area contributed by atoms with Crippen molar-refractivity contribution in [3.8, 4) is 0 Å². The van der Waals surface area contributed by atoms with Crippen molar-refractivity contribution in [3.63, 3.8) is 0 Å². The fourth-order valence-electron chi connectivity index (χ4n) is 13.6. The molecule has 0 radical (unpaired) electrons. The number of rotatable bonds is 13. The molecule has 0 spiro atoms. The molecule has 56 heavy (non-hydrogen) atoms. The van der Waals surface area contributed by atoms with Gasteiger partial charge in [-0.2, -0.15) is 0 Å². The van der Waals surface area contributed by atoms with Gasteiger partial charge in [-0.1, -0.05) is 105 Å². The van der Waals surface area contributed by atoms with E-state index in [1.807, 2.05) is 13.8 Å². The van der Waals surface area contributed by atoms with Crippen LogP contribution >= 0.6 is 11.6 Å². The molecule has 1 aromatic rings. The molecule has 2 N–H and O–H groups in total. The summed E-state index contributed by atoms with van der Waals surface area (Å²) in [6, 6.07) is 5.14. The third-order valence-electron chi connectivity index (χ3n) is 16.5. The van der Waals surface area contributed by atoms with Crippen molar-refractivity contribution in [1.82, 2.24) is 4.90 Å². The standard InChI is InChI=1S/C48H71ClFNO5/c1-11-12-24-51(27-31-14-13-15-34(49)43(31)50)28-38(54)48-23-18-33-32(42(48)41(29(2)3)35(53)25-48)16-17-37-46(33,9)21-19-36-45(7,8)39(20-22-47(36,37)10)56-40(55)26-44(5,6)30(4)52/h13-15,29,32-33,36-39,52,54H,4,11-12,16-28H2,1-3,5-10H3/t32?,33?,36-,37?,38+,39-,46?,47?,48?/m0/s1. The number of ketones is 1. The zero-order chi connectivity index (χ0) is 41.2. The molecule has 0 heterocycles. The molecule has 5 aliphatic rings. The number of benzene rings is 1. The number of nitrogens with zero attached hydrogens (tertiary/aromatic N) is 1. The molecular formula is C48H71ClFNO5. The first kappa shape index (κ1) is 43.4. The van der Waals surface area contributed by atoms with Crippen molar-refractivity contribution >= 4 is 23.4 Å². The van der Waals surface area contributed by atoms with Gasteiger partial charge in [0.1, 0.15) is 11.9 Å². The number of aliphatic hydroxyl groups excluding tert-OH is 2. The maximum atomic E-state index is 15.2. The lowest BCUT2D eigenvalue weighted by Gasteiger charge is -2.69. The van der Waals surface area contributed by atoms with Crippen molar-refractivity contribution in [2.24, 2.45) is 56.7 Å². The van der Waals surface area contributed by atoms with Crippen LogP contribution in [0.2, 0.25) is 5.02 Å². The number of esters is 1.